The topological polar surface area (TPSA) is 21.6 Å². The van der Waals surface area contributed by atoms with Crippen molar-refractivity contribution in [3.63, 3.8) is 0 Å². The molecule has 2 nitrogen and oxygen atoms in total. The van der Waals surface area contributed by atoms with Crippen molar-refractivity contribution in [2.75, 3.05) is 7.11 Å². The number of hydrogen-bond acceptors (Lipinski definition) is 2. The maximum absolute atomic E-state index is 5.00. The molecule has 0 aliphatic heterocycles. The van der Waals surface area contributed by atoms with Gasteiger partial charge in [-0.1, -0.05) is 17.8 Å². The van der Waals surface area contributed by atoms with E-state index in [1.165, 1.54) is 13.2 Å². The molecule has 0 fully saturated rings. The van der Waals surface area contributed by atoms with Crippen molar-refractivity contribution in [2.45, 2.75) is 6.42 Å². The molecule has 0 rings (SSSR count). The van der Waals surface area contributed by atoms with Crippen LogP contribution in [0.1, 0.15) is 6.42 Å². The molecule has 0 aromatic rings. The fraction of sp³-hybridized carbons (Fsp3) is 0.400. The van der Waals surface area contributed by atoms with Crippen molar-refractivity contribution in [3.05, 3.63) is 12.7 Å². The van der Waals surface area contributed by atoms with Gasteiger partial charge in [0.05, 0.1) is 0 Å². The van der Waals surface area contributed by atoms with Crippen molar-refractivity contribution in [3.8, 4) is 0 Å². The molecule has 0 unspecified atom stereocenters. The van der Waals surface area contributed by atoms with E-state index in [-0.39, 0.29) is 0 Å². The third kappa shape index (κ3) is 5.21. The van der Waals surface area contributed by atoms with E-state index < -0.39 is 0 Å². The Kier molecular flexibility index (Phi) is 4.62. The fourth-order valence-corrected chi connectivity index (χ4v) is 0.178. The molecule has 1 radical (unpaired) electrons. The van der Waals surface area contributed by atoms with Gasteiger partial charge in [-0.2, -0.15) is 0 Å². The summed E-state index contributed by atoms with van der Waals surface area (Å²) in [6.07, 6.45) is 3.75. The van der Waals surface area contributed by atoms with Crippen molar-refractivity contribution < 1.29 is 4.84 Å². The molecule has 0 aromatic heterocycles. The number of rotatable bonds is 3. The first-order chi connectivity index (χ1) is 3.41. The summed E-state index contributed by atoms with van der Waals surface area (Å²) < 4.78 is 0. The normalized spacial score (nSPS) is 9.29. The first kappa shape index (κ1) is 6.21. The van der Waals surface area contributed by atoms with Crippen LogP contribution in [-0.4, -0.2) is 13.3 Å². The van der Waals surface area contributed by atoms with Gasteiger partial charge in [0.25, 0.3) is 0 Å². The first-order valence-electron chi connectivity index (χ1n) is 2.00. The molecular formula is C5H8NO. The molecule has 39 valence electrons. The highest BCUT2D eigenvalue weighted by Gasteiger charge is 1.63. The number of allylic oxidation sites excluding steroid dienone is 1. The van der Waals surface area contributed by atoms with Gasteiger partial charge in [-0.15, -0.1) is 0 Å². The van der Waals surface area contributed by atoms with Crippen LogP contribution in [0.4, 0.5) is 0 Å². The van der Waals surface area contributed by atoms with Gasteiger partial charge in [-0.05, 0) is 0 Å². The lowest BCUT2D eigenvalue weighted by molar-refractivity contribution is 0.215. The Hall–Kier alpha value is -0.790. The van der Waals surface area contributed by atoms with Crippen LogP contribution < -0.4 is 0 Å². The van der Waals surface area contributed by atoms with E-state index in [2.05, 4.69) is 9.99 Å². The van der Waals surface area contributed by atoms with Gasteiger partial charge in [0, 0.05) is 12.6 Å². The fourth-order valence-electron chi connectivity index (χ4n) is 0.178. The smallest absolute Gasteiger partial charge is 0.106 e. The summed E-state index contributed by atoms with van der Waals surface area (Å²) in [5, 5.41) is 3.43. The highest BCUT2D eigenvalue weighted by molar-refractivity contribution is 5.58. The van der Waals surface area contributed by atoms with Gasteiger partial charge in [0.2, 0.25) is 0 Å². The minimum atomic E-state index is 0.661. The van der Waals surface area contributed by atoms with E-state index in [9.17, 15) is 0 Å². The van der Waals surface area contributed by atoms with Crippen molar-refractivity contribution in [2.24, 2.45) is 5.16 Å². The second-order valence-electron chi connectivity index (χ2n) is 0.942. The van der Waals surface area contributed by atoms with Crippen LogP contribution in [0.3, 0.4) is 0 Å². The first-order valence-corrected chi connectivity index (χ1v) is 2.00. The van der Waals surface area contributed by atoms with E-state index in [1.54, 1.807) is 6.21 Å². The zero-order valence-electron chi connectivity index (χ0n) is 4.29. The second kappa shape index (κ2) is 5.21. The molecule has 0 heterocycles. The number of oxime groups is 1. The van der Waals surface area contributed by atoms with E-state index in [0.717, 1.165) is 0 Å². The molecule has 7 heavy (non-hydrogen) atoms. The van der Waals surface area contributed by atoms with Crippen LogP contribution in [0.15, 0.2) is 11.2 Å². The zero-order valence-corrected chi connectivity index (χ0v) is 4.29. The number of nitrogens with zero attached hydrogens (tertiary/aromatic N) is 1. The SMILES string of the molecule is [CH]=CCC=NOC. The third-order valence-corrected chi connectivity index (χ3v) is 0.421. The predicted octanol–water partition coefficient (Wildman–Crippen LogP) is 0.998. The summed E-state index contributed by atoms with van der Waals surface area (Å²) in [5.41, 5.74) is 0. The second-order valence-corrected chi connectivity index (χ2v) is 0.942. The lowest BCUT2D eigenvalue weighted by atomic mass is 10.5. The van der Waals surface area contributed by atoms with Gasteiger partial charge in [-0.25, -0.2) is 0 Å². The van der Waals surface area contributed by atoms with E-state index in [1.807, 2.05) is 0 Å². The van der Waals surface area contributed by atoms with Gasteiger partial charge in [0.1, 0.15) is 7.11 Å². The molecule has 0 aliphatic carbocycles. The quantitative estimate of drug-likeness (QED) is 0.381. The van der Waals surface area contributed by atoms with Gasteiger partial charge >= 0.3 is 0 Å². The highest BCUT2D eigenvalue weighted by Crippen LogP contribution is 1.71. The molecule has 0 spiro atoms. The van der Waals surface area contributed by atoms with Crippen LogP contribution in [0.2, 0.25) is 0 Å². The Bertz CT molecular complexity index is 68.5. The maximum atomic E-state index is 5.00. The summed E-state index contributed by atoms with van der Waals surface area (Å²) in [7, 11) is 1.49. The average molecular weight is 98.1 g/mol. The van der Waals surface area contributed by atoms with Crippen LogP contribution in [-0.2, 0) is 4.84 Å². The third-order valence-electron chi connectivity index (χ3n) is 0.421. The van der Waals surface area contributed by atoms with Crippen LogP contribution in [0, 0.1) is 6.58 Å². The summed E-state index contributed by atoms with van der Waals surface area (Å²) in [5.74, 6) is 0. The summed E-state index contributed by atoms with van der Waals surface area (Å²) in [6.45, 7) is 5.00. The van der Waals surface area contributed by atoms with Crippen LogP contribution >= 0.6 is 0 Å². The highest BCUT2D eigenvalue weighted by atomic mass is 16.6. The molecule has 0 aliphatic rings. The van der Waals surface area contributed by atoms with Crippen LogP contribution in [0.25, 0.3) is 0 Å². The molecule has 0 bridgehead atoms. The van der Waals surface area contributed by atoms with Gasteiger partial charge in [-0.3, -0.25) is 0 Å². The predicted molar refractivity (Wildman–Crippen MR) is 29.0 cm³/mol. The van der Waals surface area contributed by atoms with Crippen LogP contribution in [0.5, 0.6) is 0 Å². The Morgan fingerprint density at radius 1 is 1.86 bits per heavy atom. The molecule has 0 amide bonds. The van der Waals surface area contributed by atoms with E-state index in [0.29, 0.717) is 6.42 Å². The largest absolute Gasteiger partial charge is 0.399 e. The number of hydrogen-bond donors (Lipinski definition) is 0. The molecule has 0 N–H and O–H groups in total. The zero-order chi connectivity index (χ0) is 5.54. The average Bonchev–Trinajstić information content (AvgIpc) is 1.69. The Morgan fingerprint density at radius 3 is 3.00 bits per heavy atom. The van der Waals surface area contributed by atoms with Crippen molar-refractivity contribution >= 4 is 6.21 Å². The van der Waals surface area contributed by atoms with Gasteiger partial charge in [0.15, 0.2) is 0 Å². The van der Waals surface area contributed by atoms with E-state index >= 15 is 0 Å². The van der Waals surface area contributed by atoms with Gasteiger partial charge < -0.3 is 4.84 Å². The molecule has 0 aromatic carbocycles. The standard InChI is InChI=1S/C5H8NO/c1-3-4-5-6-7-2/h1,3,5H,4H2,2H3. The monoisotopic (exact) mass is 98.1 g/mol. The minimum absolute atomic E-state index is 0.661. The Balaban J connectivity index is 2.92. The summed E-state index contributed by atoms with van der Waals surface area (Å²) in [4.78, 5) is 4.34. The summed E-state index contributed by atoms with van der Waals surface area (Å²) >= 11 is 0. The Morgan fingerprint density at radius 2 is 2.57 bits per heavy atom. The Labute approximate surface area is 43.5 Å². The molecular weight excluding hydrogens is 90.1 g/mol. The summed E-state index contributed by atoms with van der Waals surface area (Å²) in [6, 6.07) is 0. The van der Waals surface area contributed by atoms with E-state index in [4.69, 9.17) is 6.58 Å². The molecule has 0 saturated heterocycles. The molecule has 0 saturated carbocycles. The molecule has 2 heteroatoms. The maximum Gasteiger partial charge on any atom is 0.106 e. The van der Waals surface area contributed by atoms with Crippen molar-refractivity contribution in [1.29, 1.82) is 0 Å². The lowest BCUT2D eigenvalue weighted by Crippen LogP contribution is -1.70. The minimum Gasteiger partial charge on any atom is -0.399 e. The van der Waals surface area contributed by atoms with Crippen molar-refractivity contribution in [1.82, 2.24) is 0 Å². The molecule has 0 atom stereocenters. The lowest BCUT2D eigenvalue weighted by Gasteiger charge is -1.79.